The summed E-state index contributed by atoms with van der Waals surface area (Å²) >= 11 is 0. The maximum atomic E-state index is 12.5. The van der Waals surface area contributed by atoms with Crippen LogP contribution < -0.4 is 0 Å². The monoisotopic (exact) mass is 450 g/mol. The number of ether oxygens (including phenoxy) is 2. The molecule has 0 spiro atoms. The molecule has 174 valence electrons. The second-order valence-electron chi connectivity index (χ2n) is 7.55. The SMILES string of the molecule is C/C=C/c1ccc(CC(OC(=O)CCCCC(=O)OC)c2ccc(/C=C/C(=O)O)cc2)cc1. The number of unbranched alkanes of at least 4 members (excludes halogenated alkanes) is 1. The predicted octanol–water partition coefficient (Wildman–Crippen LogP) is 5.38. The summed E-state index contributed by atoms with van der Waals surface area (Å²) in [4.78, 5) is 34.4. The molecule has 0 saturated heterocycles. The summed E-state index contributed by atoms with van der Waals surface area (Å²) in [6.45, 7) is 1.96. The van der Waals surface area contributed by atoms with E-state index >= 15 is 0 Å². The molecular weight excluding hydrogens is 420 g/mol. The fraction of sp³-hybridized carbons (Fsp3) is 0.296. The highest BCUT2D eigenvalue weighted by molar-refractivity contribution is 5.85. The van der Waals surface area contributed by atoms with Crippen molar-refractivity contribution in [3.63, 3.8) is 0 Å². The normalized spacial score (nSPS) is 12.1. The first-order chi connectivity index (χ1) is 15.9. The summed E-state index contributed by atoms with van der Waals surface area (Å²) in [5.74, 6) is -1.63. The van der Waals surface area contributed by atoms with Crippen molar-refractivity contribution in [2.24, 2.45) is 0 Å². The molecule has 0 radical (unpaired) electrons. The molecule has 6 nitrogen and oxygen atoms in total. The van der Waals surface area contributed by atoms with Crippen LogP contribution in [0, 0.1) is 0 Å². The lowest BCUT2D eigenvalue weighted by atomic mass is 9.99. The summed E-state index contributed by atoms with van der Waals surface area (Å²) in [7, 11) is 1.34. The average Bonchev–Trinajstić information content (AvgIpc) is 2.81. The Morgan fingerprint density at radius 1 is 0.879 bits per heavy atom. The Hall–Kier alpha value is -3.67. The molecule has 2 aromatic rings. The topological polar surface area (TPSA) is 89.9 Å². The Kier molecular flexibility index (Phi) is 10.6. The molecule has 1 N–H and O–H groups in total. The molecule has 1 unspecified atom stereocenters. The van der Waals surface area contributed by atoms with E-state index in [1.54, 1.807) is 12.1 Å². The molecular formula is C27H30O6. The van der Waals surface area contributed by atoms with Crippen LogP contribution in [0.5, 0.6) is 0 Å². The van der Waals surface area contributed by atoms with Gasteiger partial charge < -0.3 is 14.6 Å². The van der Waals surface area contributed by atoms with Crippen LogP contribution in [-0.2, 0) is 30.3 Å². The van der Waals surface area contributed by atoms with Crippen molar-refractivity contribution in [1.82, 2.24) is 0 Å². The highest BCUT2D eigenvalue weighted by atomic mass is 16.5. The lowest BCUT2D eigenvalue weighted by Crippen LogP contribution is -2.14. The van der Waals surface area contributed by atoms with E-state index in [2.05, 4.69) is 4.74 Å². The fourth-order valence-electron chi connectivity index (χ4n) is 3.25. The molecule has 0 heterocycles. The van der Waals surface area contributed by atoms with Crippen molar-refractivity contribution in [1.29, 1.82) is 0 Å². The number of rotatable bonds is 12. The first-order valence-corrected chi connectivity index (χ1v) is 10.9. The quantitative estimate of drug-likeness (QED) is 0.265. The van der Waals surface area contributed by atoms with Crippen LogP contribution in [0.25, 0.3) is 12.2 Å². The van der Waals surface area contributed by atoms with E-state index in [-0.39, 0.29) is 24.8 Å². The summed E-state index contributed by atoms with van der Waals surface area (Å²) in [6, 6.07) is 15.3. The van der Waals surface area contributed by atoms with Gasteiger partial charge in [0, 0.05) is 25.3 Å². The predicted molar refractivity (Wildman–Crippen MR) is 127 cm³/mol. The van der Waals surface area contributed by atoms with E-state index in [1.807, 2.05) is 55.5 Å². The second kappa shape index (κ2) is 13.7. The maximum Gasteiger partial charge on any atom is 0.328 e. The molecule has 0 aliphatic rings. The number of carboxylic acid groups (broad SMARTS) is 1. The molecule has 0 aliphatic carbocycles. The number of esters is 2. The summed E-state index contributed by atoms with van der Waals surface area (Å²) in [5, 5.41) is 8.79. The molecule has 0 saturated carbocycles. The Balaban J connectivity index is 2.10. The lowest BCUT2D eigenvalue weighted by molar-refractivity contribution is -0.150. The molecule has 33 heavy (non-hydrogen) atoms. The van der Waals surface area contributed by atoms with Gasteiger partial charge in [-0.05, 0) is 48.1 Å². The zero-order valence-corrected chi connectivity index (χ0v) is 19.0. The van der Waals surface area contributed by atoms with Crippen LogP contribution in [0.15, 0.2) is 60.7 Å². The van der Waals surface area contributed by atoms with E-state index in [0.29, 0.717) is 19.3 Å². The Morgan fingerprint density at radius 3 is 2.03 bits per heavy atom. The number of methoxy groups -OCH3 is 1. The zero-order valence-electron chi connectivity index (χ0n) is 19.0. The molecule has 0 bridgehead atoms. The molecule has 1 atom stereocenters. The maximum absolute atomic E-state index is 12.5. The van der Waals surface area contributed by atoms with Crippen molar-refractivity contribution < 1.29 is 29.0 Å². The number of carbonyl (C=O) groups is 3. The van der Waals surface area contributed by atoms with Crippen molar-refractivity contribution in [2.45, 2.75) is 45.1 Å². The van der Waals surface area contributed by atoms with Gasteiger partial charge in [-0.25, -0.2) is 4.79 Å². The van der Waals surface area contributed by atoms with Gasteiger partial charge in [0.1, 0.15) is 6.10 Å². The van der Waals surface area contributed by atoms with Gasteiger partial charge >= 0.3 is 17.9 Å². The smallest absolute Gasteiger partial charge is 0.328 e. The highest BCUT2D eigenvalue weighted by Gasteiger charge is 2.18. The standard InChI is InChI=1S/C27H30O6/c1-3-6-20-9-11-22(12-10-20)19-24(33-27(31)8-5-4-7-26(30)32-2)23-16-13-21(14-17-23)15-18-25(28)29/h3,6,9-18,24H,4-5,7-8,19H2,1-2H3,(H,28,29)/b6-3+,18-15+. The third-order valence-electron chi connectivity index (χ3n) is 5.00. The lowest BCUT2D eigenvalue weighted by Gasteiger charge is -2.19. The fourth-order valence-corrected chi connectivity index (χ4v) is 3.25. The number of carbonyl (C=O) groups excluding carboxylic acids is 2. The first kappa shape index (κ1) is 25.6. The van der Waals surface area contributed by atoms with Crippen LogP contribution in [0.1, 0.15) is 61.0 Å². The molecule has 0 amide bonds. The van der Waals surface area contributed by atoms with Crippen LogP contribution in [-0.4, -0.2) is 30.1 Å². The van der Waals surface area contributed by atoms with E-state index in [9.17, 15) is 14.4 Å². The van der Waals surface area contributed by atoms with Crippen LogP contribution >= 0.6 is 0 Å². The zero-order chi connectivity index (χ0) is 24.1. The van der Waals surface area contributed by atoms with Crippen molar-refractivity contribution in [3.05, 3.63) is 82.9 Å². The van der Waals surface area contributed by atoms with Crippen molar-refractivity contribution in [3.8, 4) is 0 Å². The second-order valence-corrected chi connectivity index (χ2v) is 7.55. The molecule has 0 fully saturated rings. The summed E-state index contributed by atoms with van der Waals surface area (Å²) in [6.07, 6.45) is 8.18. The largest absolute Gasteiger partial charge is 0.478 e. The van der Waals surface area contributed by atoms with Gasteiger partial charge in [0.05, 0.1) is 7.11 Å². The number of benzene rings is 2. The number of carboxylic acids is 1. The van der Waals surface area contributed by atoms with Gasteiger partial charge in [-0.1, -0.05) is 60.7 Å². The molecule has 0 aliphatic heterocycles. The van der Waals surface area contributed by atoms with E-state index in [1.165, 1.54) is 13.2 Å². The highest BCUT2D eigenvalue weighted by Crippen LogP contribution is 2.25. The average molecular weight is 451 g/mol. The van der Waals surface area contributed by atoms with E-state index < -0.39 is 12.1 Å². The Labute approximate surface area is 194 Å². The van der Waals surface area contributed by atoms with Gasteiger partial charge in [-0.2, -0.15) is 0 Å². The van der Waals surface area contributed by atoms with Crippen molar-refractivity contribution in [2.75, 3.05) is 7.11 Å². The van der Waals surface area contributed by atoms with E-state index in [0.717, 1.165) is 28.3 Å². The number of aliphatic carboxylic acids is 1. The van der Waals surface area contributed by atoms with Crippen LogP contribution in [0.3, 0.4) is 0 Å². The Morgan fingerprint density at radius 2 is 1.45 bits per heavy atom. The van der Waals surface area contributed by atoms with Gasteiger partial charge in [-0.3, -0.25) is 9.59 Å². The van der Waals surface area contributed by atoms with Crippen LogP contribution in [0.2, 0.25) is 0 Å². The minimum atomic E-state index is -1.01. The number of allylic oxidation sites excluding steroid dienone is 1. The molecule has 0 aromatic heterocycles. The van der Waals surface area contributed by atoms with Gasteiger partial charge in [0.25, 0.3) is 0 Å². The third-order valence-corrected chi connectivity index (χ3v) is 5.00. The van der Waals surface area contributed by atoms with Gasteiger partial charge in [0.2, 0.25) is 0 Å². The molecule has 2 aromatic carbocycles. The Bertz CT molecular complexity index is 971. The molecule has 2 rings (SSSR count). The number of hydrogen-bond acceptors (Lipinski definition) is 5. The van der Waals surface area contributed by atoms with E-state index in [4.69, 9.17) is 9.84 Å². The summed E-state index contributed by atoms with van der Waals surface area (Å²) in [5.41, 5.74) is 3.68. The number of hydrogen-bond donors (Lipinski definition) is 1. The van der Waals surface area contributed by atoms with Crippen molar-refractivity contribution >= 4 is 30.1 Å². The first-order valence-electron chi connectivity index (χ1n) is 10.9. The third kappa shape index (κ3) is 9.56. The van der Waals surface area contributed by atoms with Gasteiger partial charge in [0.15, 0.2) is 0 Å². The minimum Gasteiger partial charge on any atom is -0.478 e. The summed E-state index contributed by atoms with van der Waals surface area (Å²) < 4.78 is 10.4. The minimum absolute atomic E-state index is 0.215. The molecule has 6 heteroatoms. The van der Waals surface area contributed by atoms with Gasteiger partial charge in [-0.15, -0.1) is 0 Å². The van der Waals surface area contributed by atoms with Crippen LogP contribution in [0.4, 0.5) is 0 Å².